The molecule has 2 rings (SSSR count). The lowest BCUT2D eigenvalue weighted by atomic mass is 9.85. The van der Waals surface area contributed by atoms with Gasteiger partial charge < -0.3 is 10.6 Å². The lowest BCUT2D eigenvalue weighted by Crippen LogP contribution is -2.36. The third-order valence-corrected chi connectivity index (χ3v) is 4.74. The Bertz CT molecular complexity index is 553. The largest absolute Gasteiger partial charge is 0.416 e. The molecule has 1 aliphatic rings. The summed E-state index contributed by atoms with van der Waals surface area (Å²) in [6, 6.07) is 4.66. The second-order valence-corrected chi connectivity index (χ2v) is 6.70. The Hall–Kier alpha value is -1.56. The van der Waals surface area contributed by atoms with Crippen LogP contribution in [0.5, 0.6) is 0 Å². The topological polar surface area (TPSA) is 41.1 Å². The van der Waals surface area contributed by atoms with Gasteiger partial charge in [-0.2, -0.15) is 13.2 Å². The average Bonchev–Trinajstić information content (AvgIpc) is 2.54. The van der Waals surface area contributed by atoms with Gasteiger partial charge in [-0.05, 0) is 62.4 Å². The number of halogens is 3. The number of alkyl halides is 3. The molecule has 0 radical (unpaired) electrons. The molecule has 1 aliphatic heterocycles. The molecule has 3 nitrogen and oxygen atoms in total. The molecule has 0 aliphatic carbocycles. The first-order chi connectivity index (χ1) is 11.3. The molecular weight excluding hydrogens is 317 g/mol. The first-order valence-electron chi connectivity index (χ1n) is 8.44. The van der Waals surface area contributed by atoms with E-state index in [4.69, 9.17) is 0 Å². The molecule has 1 aromatic rings. The van der Waals surface area contributed by atoms with Gasteiger partial charge in [0.15, 0.2) is 0 Å². The van der Waals surface area contributed by atoms with Crippen molar-refractivity contribution < 1.29 is 18.0 Å². The maximum absolute atomic E-state index is 12.8. The zero-order valence-electron chi connectivity index (χ0n) is 14.1. The predicted octanol–water partition coefficient (Wildman–Crippen LogP) is 3.91. The molecule has 134 valence electrons. The van der Waals surface area contributed by atoms with Gasteiger partial charge in [-0.1, -0.05) is 19.1 Å². The Kier molecular flexibility index (Phi) is 6.27. The maximum atomic E-state index is 12.8. The zero-order valence-corrected chi connectivity index (χ0v) is 14.1. The molecule has 2 N–H and O–H groups in total. The molecule has 1 saturated heterocycles. The lowest BCUT2D eigenvalue weighted by molar-refractivity contribution is -0.137. The number of benzene rings is 1. The molecule has 1 heterocycles. The standard InChI is InChI=1S/C18H25F3N2O/c1-12(15-6-4-8-22-11-15)9-17(24)23-13(2)14-5-3-7-16(10-14)18(19,20)21/h3,5,7,10,12-13,15,22H,4,6,8-9,11H2,1-2H3,(H,23,24). The van der Waals surface area contributed by atoms with Crippen molar-refractivity contribution in [3.8, 4) is 0 Å². The van der Waals surface area contributed by atoms with Crippen LogP contribution in [0.25, 0.3) is 0 Å². The van der Waals surface area contributed by atoms with E-state index in [1.807, 2.05) is 0 Å². The summed E-state index contributed by atoms with van der Waals surface area (Å²) < 4.78 is 38.3. The van der Waals surface area contributed by atoms with Crippen molar-refractivity contribution in [1.29, 1.82) is 0 Å². The lowest BCUT2D eigenvalue weighted by Gasteiger charge is -2.28. The number of piperidine rings is 1. The quantitative estimate of drug-likeness (QED) is 0.852. The van der Waals surface area contributed by atoms with Gasteiger partial charge in [0.2, 0.25) is 5.91 Å². The number of carbonyl (C=O) groups excluding carboxylic acids is 1. The van der Waals surface area contributed by atoms with Crippen molar-refractivity contribution in [3.63, 3.8) is 0 Å². The summed E-state index contributed by atoms with van der Waals surface area (Å²) in [6.45, 7) is 5.73. The third-order valence-electron chi connectivity index (χ3n) is 4.74. The number of hydrogen-bond acceptors (Lipinski definition) is 2. The van der Waals surface area contributed by atoms with Gasteiger partial charge in [0.25, 0.3) is 0 Å². The van der Waals surface area contributed by atoms with Gasteiger partial charge in [0.1, 0.15) is 0 Å². The Morgan fingerprint density at radius 3 is 2.75 bits per heavy atom. The highest BCUT2D eigenvalue weighted by atomic mass is 19.4. The van der Waals surface area contributed by atoms with Crippen molar-refractivity contribution in [2.75, 3.05) is 13.1 Å². The molecule has 24 heavy (non-hydrogen) atoms. The van der Waals surface area contributed by atoms with Crippen LogP contribution in [0.4, 0.5) is 13.2 Å². The van der Waals surface area contributed by atoms with E-state index in [0.717, 1.165) is 38.1 Å². The van der Waals surface area contributed by atoms with Crippen LogP contribution in [0.2, 0.25) is 0 Å². The van der Waals surface area contributed by atoms with E-state index >= 15 is 0 Å². The minimum atomic E-state index is -4.37. The van der Waals surface area contributed by atoms with Crippen LogP contribution in [0.3, 0.4) is 0 Å². The highest BCUT2D eigenvalue weighted by Gasteiger charge is 2.31. The minimum absolute atomic E-state index is 0.113. The van der Waals surface area contributed by atoms with Crippen LogP contribution < -0.4 is 10.6 Å². The molecule has 3 unspecified atom stereocenters. The second-order valence-electron chi connectivity index (χ2n) is 6.70. The average molecular weight is 342 g/mol. The summed E-state index contributed by atoms with van der Waals surface area (Å²) in [5.41, 5.74) is -0.229. The molecule has 1 aromatic carbocycles. The molecule has 3 atom stereocenters. The molecule has 0 aromatic heterocycles. The second kappa shape index (κ2) is 8.01. The minimum Gasteiger partial charge on any atom is -0.350 e. The van der Waals surface area contributed by atoms with Crippen molar-refractivity contribution in [1.82, 2.24) is 10.6 Å². The Morgan fingerprint density at radius 1 is 1.38 bits per heavy atom. The highest BCUT2D eigenvalue weighted by Crippen LogP contribution is 2.31. The van der Waals surface area contributed by atoms with Crippen molar-refractivity contribution >= 4 is 5.91 Å². The summed E-state index contributed by atoms with van der Waals surface area (Å²) in [6.07, 6.45) is -1.74. The highest BCUT2D eigenvalue weighted by molar-refractivity contribution is 5.76. The van der Waals surface area contributed by atoms with Crippen molar-refractivity contribution in [2.24, 2.45) is 11.8 Å². The number of hydrogen-bond donors (Lipinski definition) is 2. The van der Waals surface area contributed by atoms with E-state index in [1.54, 1.807) is 13.0 Å². The first kappa shape index (κ1) is 18.8. The van der Waals surface area contributed by atoms with Gasteiger partial charge in [0.05, 0.1) is 11.6 Å². The molecule has 6 heteroatoms. The number of amides is 1. The van der Waals surface area contributed by atoms with Gasteiger partial charge in [-0.3, -0.25) is 4.79 Å². The van der Waals surface area contributed by atoms with Crippen LogP contribution in [0.1, 0.15) is 50.3 Å². The summed E-state index contributed by atoms with van der Waals surface area (Å²) in [4.78, 5) is 12.2. The van der Waals surface area contributed by atoms with E-state index in [0.29, 0.717) is 17.9 Å². The number of carbonyl (C=O) groups is 1. The van der Waals surface area contributed by atoms with Crippen LogP contribution in [-0.4, -0.2) is 19.0 Å². The number of nitrogens with one attached hydrogen (secondary N) is 2. The maximum Gasteiger partial charge on any atom is 0.416 e. The molecule has 0 saturated carbocycles. The predicted molar refractivity (Wildman–Crippen MR) is 87.4 cm³/mol. The number of rotatable bonds is 5. The fraction of sp³-hybridized carbons (Fsp3) is 0.611. The van der Waals surface area contributed by atoms with E-state index in [9.17, 15) is 18.0 Å². The molecular formula is C18H25F3N2O. The van der Waals surface area contributed by atoms with Gasteiger partial charge in [-0.15, -0.1) is 0 Å². The SMILES string of the molecule is CC(NC(=O)CC(C)C1CCCNC1)c1cccc(C(F)(F)F)c1. The molecule has 0 bridgehead atoms. The van der Waals surface area contributed by atoms with Crippen LogP contribution >= 0.6 is 0 Å². The smallest absolute Gasteiger partial charge is 0.350 e. The zero-order chi connectivity index (χ0) is 17.7. The molecule has 1 fully saturated rings. The normalized spacial score (nSPS) is 21.1. The summed E-state index contributed by atoms with van der Waals surface area (Å²) >= 11 is 0. The van der Waals surface area contributed by atoms with Crippen molar-refractivity contribution in [2.45, 2.75) is 45.3 Å². The fourth-order valence-electron chi connectivity index (χ4n) is 3.19. The van der Waals surface area contributed by atoms with E-state index in [2.05, 4.69) is 17.6 Å². The summed E-state index contributed by atoms with van der Waals surface area (Å²) in [7, 11) is 0. The van der Waals surface area contributed by atoms with Gasteiger partial charge in [-0.25, -0.2) is 0 Å². The Labute approximate surface area is 141 Å². The van der Waals surface area contributed by atoms with Crippen LogP contribution in [0, 0.1) is 11.8 Å². The Morgan fingerprint density at radius 2 is 2.12 bits per heavy atom. The molecule has 1 amide bonds. The molecule has 0 spiro atoms. The summed E-state index contributed by atoms with van der Waals surface area (Å²) in [5, 5.41) is 6.16. The van der Waals surface area contributed by atoms with Crippen LogP contribution in [0.15, 0.2) is 24.3 Å². The van der Waals surface area contributed by atoms with Gasteiger partial charge >= 0.3 is 6.18 Å². The van der Waals surface area contributed by atoms with Crippen molar-refractivity contribution in [3.05, 3.63) is 35.4 Å². The fourth-order valence-corrected chi connectivity index (χ4v) is 3.19. The van der Waals surface area contributed by atoms with E-state index < -0.39 is 17.8 Å². The first-order valence-corrected chi connectivity index (χ1v) is 8.44. The third kappa shape index (κ3) is 5.23. The van der Waals surface area contributed by atoms with E-state index in [-0.39, 0.29) is 11.8 Å². The summed E-state index contributed by atoms with van der Waals surface area (Å²) in [5.74, 6) is 0.623. The Balaban J connectivity index is 1.91. The van der Waals surface area contributed by atoms with E-state index in [1.165, 1.54) is 6.07 Å². The van der Waals surface area contributed by atoms with Crippen LogP contribution in [-0.2, 0) is 11.0 Å². The monoisotopic (exact) mass is 342 g/mol. The van der Waals surface area contributed by atoms with Gasteiger partial charge in [0, 0.05) is 6.42 Å².